The van der Waals surface area contributed by atoms with Crippen molar-refractivity contribution in [3.8, 4) is 0 Å². The minimum Gasteiger partial charge on any atom is -0.289 e. The molecule has 0 N–H and O–H groups in total. The molecule has 1 aromatic rings. The van der Waals surface area contributed by atoms with E-state index in [1.807, 2.05) is 25.1 Å². The second kappa shape index (κ2) is 16.2. The predicted octanol–water partition coefficient (Wildman–Crippen LogP) is 11.9. The number of carbonyl (C=O) groups is 2. The molecule has 0 unspecified atom stereocenters. The molecule has 0 aliphatic heterocycles. The molecule has 0 atom stereocenters. The van der Waals surface area contributed by atoms with Gasteiger partial charge >= 0.3 is 0 Å². The fourth-order valence-electron chi connectivity index (χ4n) is 9.73. The summed E-state index contributed by atoms with van der Waals surface area (Å²) in [5.41, 5.74) is 6.03. The second-order valence-electron chi connectivity index (χ2n) is 14.5. The summed E-state index contributed by atoms with van der Waals surface area (Å²) in [5.74, 6) is 0.124. The largest absolute Gasteiger partial charge is 0.289 e. The van der Waals surface area contributed by atoms with Crippen molar-refractivity contribution < 1.29 is 9.59 Å². The van der Waals surface area contributed by atoms with Gasteiger partial charge in [0, 0.05) is 29.5 Å². The highest BCUT2D eigenvalue weighted by Crippen LogP contribution is 2.77. The Balaban J connectivity index is 1.05. The Morgan fingerprint density at radius 2 is 0.952 bits per heavy atom. The van der Waals surface area contributed by atoms with Crippen molar-refractivity contribution in [1.29, 1.82) is 0 Å². The van der Waals surface area contributed by atoms with E-state index in [9.17, 15) is 9.59 Å². The van der Waals surface area contributed by atoms with Crippen LogP contribution in [0.4, 0.5) is 0 Å². The molecule has 5 rings (SSSR count). The summed E-state index contributed by atoms with van der Waals surface area (Å²) >= 11 is 0. The number of unbranched alkanes of at least 4 members (excludes halogenated alkanes) is 7. The Kier molecular flexibility index (Phi) is 12.4. The van der Waals surface area contributed by atoms with Crippen molar-refractivity contribution in [1.82, 2.24) is 0 Å². The third-order valence-electron chi connectivity index (χ3n) is 12.0. The van der Waals surface area contributed by atoms with Gasteiger partial charge in [-0.3, -0.25) is 9.59 Å². The number of hydrogen-bond donors (Lipinski definition) is 0. The number of hydrogen-bond acceptors (Lipinski definition) is 2. The fourth-order valence-corrected chi connectivity index (χ4v) is 17.4. The van der Waals surface area contributed by atoms with E-state index < -0.39 is 7.26 Å². The molecule has 4 aliphatic rings. The Bertz CT molecular complexity index is 1010. The van der Waals surface area contributed by atoms with Gasteiger partial charge in [-0.05, 0) is 110 Å². The normalized spacial score (nSPS) is 21.6. The maximum absolute atomic E-state index is 13.0. The quantitative estimate of drug-likeness (QED) is 0.159. The van der Waals surface area contributed by atoms with Crippen molar-refractivity contribution in [2.45, 2.75) is 178 Å². The maximum Gasteiger partial charge on any atom is 0.190 e. The summed E-state index contributed by atoms with van der Waals surface area (Å²) in [5, 5.41) is 0. The molecular weight excluding hydrogens is 531 g/mol. The van der Waals surface area contributed by atoms with Gasteiger partial charge in [-0.25, -0.2) is 0 Å². The van der Waals surface area contributed by atoms with Crippen LogP contribution < -0.4 is 0 Å². The van der Waals surface area contributed by atoms with Gasteiger partial charge in [0.15, 0.2) is 11.6 Å². The predicted molar refractivity (Wildman–Crippen MR) is 182 cm³/mol. The van der Waals surface area contributed by atoms with E-state index in [1.54, 1.807) is 50.8 Å². The minimum atomic E-state index is -0.897. The van der Waals surface area contributed by atoms with E-state index in [0.29, 0.717) is 16.7 Å². The van der Waals surface area contributed by atoms with Crippen LogP contribution in [-0.2, 0) is 0 Å². The number of rotatable bonds is 14. The van der Waals surface area contributed by atoms with Crippen molar-refractivity contribution in [2.24, 2.45) is 0 Å². The number of carbonyl (C=O) groups excluding carboxylic acids is 2. The zero-order valence-electron chi connectivity index (χ0n) is 27.0. The van der Waals surface area contributed by atoms with Gasteiger partial charge < -0.3 is 0 Å². The Morgan fingerprint density at radius 3 is 1.43 bits per heavy atom. The lowest BCUT2D eigenvalue weighted by molar-refractivity contribution is 0.0971. The maximum atomic E-state index is 13.0. The molecule has 0 aromatic heterocycles. The van der Waals surface area contributed by atoms with Crippen LogP contribution in [0.3, 0.4) is 0 Å². The molecule has 2 nitrogen and oxygen atoms in total. The van der Waals surface area contributed by atoms with E-state index in [-0.39, 0.29) is 11.6 Å². The topological polar surface area (TPSA) is 34.1 Å². The standard InChI is InChI=1S/C39H60O2P/c1-31-35(39(41)37-29-19-18-28-36(37)38(31)40)27-17-6-4-2-3-5-7-20-30-42(32-21-11-8-12-22-32,33-23-13-9-14-24-33)34-25-15-10-16-26-34/h18-19,28-29,32-34H,2-17,20-27,30H2,1H3/q+1. The van der Waals surface area contributed by atoms with E-state index in [4.69, 9.17) is 0 Å². The molecule has 1 aromatic carbocycles. The van der Waals surface area contributed by atoms with E-state index in [2.05, 4.69) is 0 Å². The Hall–Kier alpha value is -1.27. The highest BCUT2D eigenvalue weighted by molar-refractivity contribution is 7.77. The minimum absolute atomic E-state index is 0.0436. The smallest absolute Gasteiger partial charge is 0.190 e. The van der Waals surface area contributed by atoms with Crippen molar-refractivity contribution in [3.63, 3.8) is 0 Å². The molecule has 3 heteroatoms. The van der Waals surface area contributed by atoms with Gasteiger partial charge in [-0.15, -0.1) is 0 Å². The van der Waals surface area contributed by atoms with Gasteiger partial charge in [0.2, 0.25) is 0 Å². The van der Waals surface area contributed by atoms with Crippen LogP contribution in [0.2, 0.25) is 0 Å². The first-order chi connectivity index (χ1) is 20.6. The molecule has 0 radical (unpaired) electrons. The van der Waals surface area contributed by atoms with Gasteiger partial charge in [0.25, 0.3) is 0 Å². The van der Waals surface area contributed by atoms with Crippen LogP contribution in [0.25, 0.3) is 0 Å². The van der Waals surface area contributed by atoms with Gasteiger partial charge in [0.05, 0.1) is 23.1 Å². The molecule has 0 heterocycles. The number of fused-ring (bicyclic) bond motifs is 1. The summed E-state index contributed by atoms with van der Waals surface area (Å²) in [6.45, 7) is 1.85. The Morgan fingerprint density at radius 1 is 0.548 bits per heavy atom. The average molecular weight is 592 g/mol. The lowest BCUT2D eigenvalue weighted by Crippen LogP contribution is -2.37. The first-order valence-electron chi connectivity index (χ1n) is 18.4. The summed E-state index contributed by atoms with van der Waals surface area (Å²) in [6.07, 6.45) is 36.1. The zero-order chi connectivity index (χ0) is 29.2. The third-order valence-corrected chi connectivity index (χ3v) is 18.7. The van der Waals surface area contributed by atoms with Crippen LogP contribution in [0.5, 0.6) is 0 Å². The lowest BCUT2D eigenvalue weighted by atomic mass is 9.82. The molecule has 42 heavy (non-hydrogen) atoms. The summed E-state index contributed by atoms with van der Waals surface area (Å²) in [7, 11) is -0.897. The number of allylic oxidation sites excluding steroid dienone is 2. The van der Waals surface area contributed by atoms with E-state index in [0.717, 1.165) is 35.4 Å². The zero-order valence-corrected chi connectivity index (χ0v) is 27.9. The van der Waals surface area contributed by atoms with Gasteiger partial charge in [-0.2, -0.15) is 0 Å². The summed E-state index contributed by atoms with van der Waals surface area (Å²) in [4.78, 5) is 25.8. The Labute approximate surface area is 258 Å². The molecule has 4 aliphatic carbocycles. The van der Waals surface area contributed by atoms with Crippen LogP contribution in [0, 0.1) is 0 Å². The number of Topliss-reactive ketones (excluding diaryl/α,β-unsaturated/α-hetero) is 2. The van der Waals surface area contributed by atoms with Crippen LogP contribution in [0.1, 0.15) is 182 Å². The molecule has 0 amide bonds. The van der Waals surface area contributed by atoms with Crippen molar-refractivity contribution in [3.05, 3.63) is 46.5 Å². The molecular formula is C39H60O2P+. The van der Waals surface area contributed by atoms with Crippen LogP contribution in [0.15, 0.2) is 35.4 Å². The van der Waals surface area contributed by atoms with E-state index in [1.165, 1.54) is 103 Å². The van der Waals surface area contributed by atoms with Gasteiger partial charge in [-0.1, -0.05) is 75.6 Å². The van der Waals surface area contributed by atoms with Crippen LogP contribution >= 0.6 is 7.26 Å². The highest BCUT2D eigenvalue weighted by atomic mass is 31.2. The molecule has 3 saturated carbocycles. The molecule has 0 saturated heterocycles. The van der Waals surface area contributed by atoms with Gasteiger partial charge in [0.1, 0.15) is 0 Å². The first kappa shape index (κ1) is 32.1. The molecule has 3 fully saturated rings. The van der Waals surface area contributed by atoms with Crippen molar-refractivity contribution in [2.75, 3.05) is 6.16 Å². The highest BCUT2D eigenvalue weighted by Gasteiger charge is 2.56. The summed E-state index contributed by atoms with van der Waals surface area (Å²) in [6, 6.07) is 7.32. The molecule has 0 bridgehead atoms. The SMILES string of the molecule is CC1=C(CCCCCCCCCC[P+](C2CCCCC2)(C2CCCCC2)C2CCCCC2)C(=O)c2ccccc2C1=O. The summed E-state index contributed by atoms with van der Waals surface area (Å²) < 4.78 is 0. The van der Waals surface area contributed by atoms with Crippen LogP contribution in [-0.4, -0.2) is 34.7 Å². The molecule has 232 valence electrons. The van der Waals surface area contributed by atoms with E-state index >= 15 is 0 Å². The second-order valence-corrected chi connectivity index (χ2v) is 19.1. The lowest BCUT2D eigenvalue weighted by Gasteiger charge is -2.49. The first-order valence-corrected chi connectivity index (χ1v) is 20.6. The molecule has 0 spiro atoms. The number of benzene rings is 1. The fraction of sp³-hybridized carbons (Fsp3) is 0.744. The third kappa shape index (κ3) is 7.50. The average Bonchev–Trinajstić information content (AvgIpc) is 3.05. The van der Waals surface area contributed by atoms with Crippen molar-refractivity contribution >= 4 is 18.8 Å². The number of ketones is 2. The monoisotopic (exact) mass is 591 g/mol.